The molecule has 1 aliphatic rings. The van der Waals surface area contributed by atoms with Crippen LogP contribution in [0.4, 0.5) is 0 Å². The van der Waals surface area contributed by atoms with Crippen LogP contribution < -0.4 is 0 Å². The van der Waals surface area contributed by atoms with Crippen molar-refractivity contribution in [1.29, 1.82) is 0 Å². The number of aryl methyl sites for hydroxylation is 2. The highest BCUT2D eigenvalue weighted by Crippen LogP contribution is 2.26. The third-order valence-electron chi connectivity index (χ3n) is 3.44. The molecule has 0 aliphatic carbocycles. The van der Waals surface area contributed by atoms with Crippen LogP contribution in [0.5, 0.6) is 0 Å². The van der Waals surface area contributed by atoms with E-state index in [9.17, 15) is 9.59 Å². The smallest absolute Gasteiger partial charge is 0.308 e. The van der Waals surface area contributed by atoms with Crippen LogP contribution in [0.1, 0.15) is 33.5 Å². The second-order valence-electron chi connectivity index (χ2n) is 4.62. The molecule has 1 aliphatic heterocycles. The third-order valence-corrected chi connectivity index (χ3v) is 4.52. The topological polar surface area (TPSA) is 57.6 Å². The Bertz CT molecular complexity index is 481. The molecule has 4 nitrogen and oxygen atoms in total. The first-order valence-electron chi connectivity index (χ1n) is 6.14. The Morgan fingerprint density at radius 3 is 2.78 bits per heavy atom. The van der Waals surface area contributed by atoms with E-state index in [2.05, 4.69) is 6.92 Å². The molecule has 18 heavy (non-hydrogen) atoms. The van der Waals surface area contributed by atoms with Crippen molar-refractivity contribution in [2.75, 3.05) is 13.1 Å². The fraction of sp³-hybridized carbons (Fsp3) is 0.538. The van der Waals surface area contributed by atoms with Gasteiger partial charge in [-0.05, 0) is 31.4 Å². The molecular formula is C13H17NO3S. The number of carbonyl (C=O) groups excluding carboxylic acids is 1. The molecule has 2 heterocycles. The summed E-state index contributed by atoms with van der Waals surface area (Å²) in [5.74, 6) is -1.23. The van der Waals surface area contributed by atoms with Crippen LogP contribution in [0.15, 0.2) is 6.07 Å². The second-order valence-corrected chi connectivity index (χ2v) is 5.88. The lowest BCUT2D eigenvalue weighted by molar-refractivity contribution is -0.141. The molecule has 0 saturated carbocycles. The van der Waals surface area contributed by atoms with Gasteiger partial charge in [-0.15, -0.1) is 11.3 Å². The lowest BCUT2D eigenvalue weighted by atomic mass is 10.1. The minimum atomic E-state index is -0.804. The standard InChI is InChI=1S/C13H17NO3S/c1-3-9-6-11(18-8(9)2)12(15)14-5-4-10(7-14)13(16)17/h6,10H,3-5,7H2,1-2H3,(H,16,17). The van der Waals surface area contributed by atoms with Gasteiger partial charge in [0.2, 0.25) is 0 Å². The van der Waals surface area contributed by atoms with Gasteiger partial charge in [-0.25, -0.2) is 0 Å². The number of rotatable bonds is 3. The first-order valence-corrected chi connectivity index (χ1v) is 6.96. The molecule has 98 valence electrons. The number of nitrogens with zero attached hydrogens (tertiary/aromatic N) is 1. The summed E-state index contributed by atoms with van der Waals surface area (Å²) in [5.41, 5.74) is 1.21. The van der Waals surface area contributed by atoms with Crippen LogP contribution in [0, 0.1) is 12.8 Å². The van der Waals surface area contributed by atoms with E-state index in [4.69, 9.17) is 5.11 Å². The fourth-order valence-electron chi connectivity index (χ4n) is 2.28. The SMILES string of the molecule is CCc1cc(C(=O)N2CCC(C(=O)O)C2)sc1C. The fourth-order valence-corrected chi connectivity index (χ4v) is 3.36. The Balaban J connectivity index is 2.10. The summed E-state index contributed by atoms with van der Waals surface area (Å²) in [6.45, 7) is 4.98. The van der Waals surface area contributed by atoms with Gasteiger partial charge in [0, 0.05) is 18.0 Å². The molecule has 1 N–H and O–H groups in total. The maximum Gasteiger partial charge on any atom is 0.308 e. The predicted octanol–water partition coefficient (Wildman–Crippen LogP) is 2.17. The van der Waals surface area contributed by atoms with Crippen LogP contribution in [0.3, 0.4) is 0 Å². The van der Waals surface area contributed by atoms with Gasteiger partial charge in [-0.2, -0.15) is 0 Å². The number of thiophene rings is 1. The predicted molar refractivity (Wildman–Crippen MR) is 70.1 cm³/mol. The quantitative estimate of drug-likeness (QED) is 0.913. The highest BCUT2D eigenvalue weighted by Gasteiger charge is 2.31. The summed E-state index contributed by atoms with van der Waals surface area (Å²) in [6, 6.07) is 1.94. The Morgan fingerprint density at radius 1 is 1.56 bits per heavy atom. The molecule has 1 aromatic heterocycles. The van der Waals surface area contributed by atoms with Crippen molar-refractivity contribution in [3.8, 4) is 0 Å². The summed E-state index contributed by atoms with van der Waals surface area (Å²) in [6.07, 6.45) is 1.49. The van der Waals surface area contributed by atoms with E-state index in [0.29, 0.717) is 19.5 Å². The highest BCUT2D eigenvalue weighted by atomic mass is 32.1. The largest absolute Gasteiger partial charge is 0.481 e. The number of aliphatic carboxylic acids is 1. The molecule has 0 bridgehead atoms. The number of hydrogen-bond donors (Lipinski definition) is 1. The lowest BCUT2D eigenvalue weighted by Crippen LogP contribution is -2.29. The van der Waals surface area contributed by atoms with E-state index in [-0.39, 0.29) is 5.91 Å². The van der Waals surface area contributed by atoms with E-state index in [1.165, 1.54) is 21.8 Å². The molecule has 0 aromatic carbocycles. The van der Waals surface area contributed by atoms with Crippen LogP contribution >= 0.6 is 11.3 Å². The number of hydrogen-bond acceptors (Lipinski definition) is 3. The van der Waals surface area contributed by atoms with Gasteiger partial charge < -0.3 is 10.0 Å². The molecule has 1 aromatic rings. The van der Waals surface area contributed by atoms with E-state index >= 15 is 0 Å². The molecule has 1 fully saturated rings. The van der Waals surface area contributed by atoms with Gasteiger partial charge in [0.25, 0.3) is 5.91 Å². The molecule has 5 heteroatoms. The maximum absolute atomic E-state index is 12.2. The minimum Gasteiger partial charge on any atom is -0.481 e. The molecule has 1 atom stereocenters. The number of amides is 1. The van der Waals surface area contributed by atoms with Crippen molar-refractivity contribution in [3.63, 3.8) is 0 Å². The zero-order valence-corrected chi connectivity index (χ0v) is 11.4. The highest BCUT2D eigenvalue weighted by molar-refractivity contribution is 7.14. The van der Waals surface area contributed by atoms with E-state index in [1.54, 1.807) is 4.90 Å². The first-order chi connectivity index (χ1) is 8.52. The van der Waals surface area contributed by atoms with Crippen LogP contribution in [0.25, 0.3) is 0 Å². The average Bonchev–Trinajstić information content (AvgIpc) is 2.94. The average molecular weight is 267 g/mol. The van der Waals surface area contributed by atoms with Gasteiger partial charge in [0.05, 0.1) is 10.8 Å². The summed E-state index contributed by atoms with van der Waals surface area (Å²) in [5, 5.41) is 8.93. The Morgan fingerprint density at radius 2 is 2.28 bits per heavy atom. The van der Waals surface area contributed by atoms with Crippen LogP contribution in [0.2, 0.25) is 0 Å². The number of likely N-dealkylation sites (tertiary alicyclic amines) is 1. The first kappa shape index (κ1) is 13.1. The third kappa shape index (κ3) is 2.41. The summed E-state index contributed by atoms with van der Waals surface area (Å²) < 4.78 is 0. The maximum atomic E-state index is 12.2. The van der Waals surface area contributed by atoms with Gasteiger partial charge in [0.1, 0.15) is 0 Å². The lowest BCUT2D eigenvalue weighted by Gasteiger charge is -2.14. The van der Waals surface area contributed by atoms with E-state index in [1.807, 2.05) is 13.0 Å². The molecule has 0 radical (unpaired) electrons. The van der Waals surface area contributed by atoms with Gasteiger partial charge in [-0.1, -0.05) is 6.92 Å². The normalized spacial score (nSPS) is 19.2. The summed E-state index contributed by atoms with van der Waals surface area (Å²) in [7, 11) is 0. The summed E-state index contributed by atoms with van der Waals surface area (Å²) in [4.78, 5) is 26.7. The van der Waals surface area contributed by atoms with Crippen molar-refractivity contribution < 1.29 is 14.7 Å². The van der Waals surface area contributed by atoms with Crippen molar-refractivity contribution in [3.05, 3.63) is 21.4 Å². The Kier molecular flexibility index (Phi) is 3.71. The number of carboxylic acid groups (broad SMARTS) is 1. The van der Waals surface area contributed by atoms with Gasteiger partial charge in [-0.3, -0.25) is 9.59 Å². The molecule has 1 unspecified atom stereocenters. The minimum absolute atomic E-state index is 0.0217. The van der Waals surface area contributed by atoms with Crippen LogP contribution in [-0.2, 0) is 11.2 Å². The summed E-state index contributed by atoms with van der Waals surface area (Å²) >= 11 is 1.50. The molecule has 1 saturated heterocycles. The zero-order valence-electron chi connectivity index (χ0n) is 10.6. The second kappa shape index (κ2) is 5.10. The number of carboxylic acids is 1. The molecular weight excluding hydrogens is 250 g/mol. The monoisotopic (exact) mass is 267 g/mol. The van der Waals surface area contributed by atoms with Gasteiger partial charge >= 0.3 is 5.97 Å². The molecule has 2 rings (SSSR count). The van der Waals surface area contributed by atoms with Crippen LogP contribution in [-0.4, -0.2) is 35.0 Å². The van der Waals surface area contributed by atoms with E-state index < -0.39 is 11.9 Å². The van der Waals surface area contributed by atoms with Crippen molar-refractivity contribution in [1.82, 2.24) is 4.90 Å². The Labute approximate surface area is 110 Å². The molecule has 0 spiro atoms. The van der Waals surface area contributed by atoms with Crippen molar-refractivity contribution in [2.45, 2.75) is 26.7 Å². The molecule has 1 amide bonds. The Hall–Kier alpha value is -1.36. The van der Waals surface area contributed by atoms with E-state index in [0.717, 1.165) is 11.3 Å². The zero-order chi connectivity index (χ0) is 13.3. The van der Waals surface area contributed by atoms with Gasteiger partial charge in [0.15, 0.2) is 0 Å². The van der Waals surface area contributed by atoms with Crippen molar-refractivity contribution >= 4 is 23.2 Å². The number of carbonyl (C=O) groups is 2. The van der Waals surface area contributed by atoms with Crippen molar-refractivity contribution in [2.24, 2.45) is 5.92 Å².